The Morgan fingerprint density at radius 3 is 2.92 bits per heavy atom. The molecule has 0 saturated heterocycles. The average Bonchev–Trinajstić information content (AvgIpc) is 2.47. The lowest BCUT2D eigenvalue weighted by Crippen LogP contribution is -2.14. The lowest BCUT2D eigenvalue weighted by atomic mass is 10.1. The first-order valence-electron chi connectivity index (χ1n) is 4.58. The smallest absolute Gasteiger partial charge is 0.222 e. The van der Waals surface area contributed by atoms with Gasteiger partial charge in [-0.1, -0.05) is 6.92 Å². The summed E-state index contributed by atoms with van der Waals surface area (Å²) in [5.41, 5.74) is 8.00. The molecule has 13 heavy (non-hydrogen) atoms. The predicted molar refractivity (Wildman–Crippen MR) is 52.8 cm³/mol. The highest BCUT2D eigenvalue weighted by Gasteiger charge is 2.21. The van der Waals surface area contributed by atoms with Gasteiger partial charge in [0, 0.05) is 19.2 Å². The zero-order valence-electron chi connectivity index (χ0n) is 8.04. The number of nitrogens with two attached hydrogens (primary N) is 1. The quantitative estimate of drug-likeness (QED) is 0.684. The Morgan fingerprint density at radius 2 is 2.23 bits per heavy atom. The fourth-order valence-corrected chi connectivity index (χ4v) is 1.79. The minimum absolute atomic E-state index is 0.393. The fraction of sp³-hybridized carbons (Fsp3) is 0.556. The number of anilines is 2. The Balaban J connectivity index is 2.56. The lowest BCUT2D eigenvalue weighted by Gasteiger charge is -2.11. The van der Waals surface area contributed by atoms with Crippen molar-refractivity contribution in [3.05, 3.63) is 11.3 Å². The van der Waals surface area contributed by atoms with Crippen molar-refractivity contribution in [3.63, 3.8) is 0 Å². The molecule has 0 aromatic carbocycles. The maximum absolute atomic E-state index is 5.62. The number of likely N-dealkylation sites (N-methyl/N-ethyl adjacent to an activating group) is 1. The van der Waals surface area contributed by atoms with Gasteiger partial charge in [-0.25, -0.2) is 4.98 Å². The maximum Gasteiger partial charge on any atom is 0.222 e. The molecule has 0 radical (unpaired) electrons. The van der Waals surface area contributed by atoms with Crippen molar-refractivity contribution in [2.45, 2.75) is 19.8 Å². The number of rotatable bonds is 1. The van der Waals surface area contributed by atoms with E-state index in [0.717, 1.165) is 30.9 Å². The molecular formula is C9H14N4. The molecule has 70 valence electrons. The van der Waals surface area contributed by atoms with Crippen LogP contribution in [0.25, 0.3) is 0 Å². The van der Waals surface area contributed by atoms with E-state index in [1.54, 1.807) is 0 Å². The minimum Gasteiger partial charge on any atom is -0.368 e. The van der Waals surface area contributed by atoms with Gasteiger partial charge < -0.3 is 10.6 Å². The SMILES string of the molecule is CCc1nc(N)nc2c1CCN2C. The number of nitrogens with zero attached hydrogens (tertiary/aromatic N) is 3. The van der Waals surface area contributed by atoms with Gasteiger partial charge in [-0.15, -0.1) is 0 Å². The van der Waals surface area contributed by atoms with Crippen LogP contribution in [-0.4, -0.2) is 23.6 Å². The summed E-state index contributed by atoms with van der Waals surface area (Å²) >= 11 is 0. The van der Waals surface area contributed by atoms with Crippen LogP contribution in [0.2, 0.25) is 0 Å². The Hall–Kier alpha value is -1.32. The molecule has 0 unspecified atom stereocenters. The average molecular weight is 178 g/mol. The number of hydrogen-bond acceptors (Lipinski definition) is 4. The third-order valence-electron chi connectivity index (χ3n) is 2.48. The second-order valence-corrected chi connectivity index (χ2v) is 3.36. The Morgan fingerprint density at radius 1 is 1.46 bits per heavy atom. The van der Waals surface area contributed by atoms with E-state index in [2.05, 4.69) is 21.8 Å². The van der Waals surface area contributed by atoms with Crippen LogP contribution in [0.15, 0.2) is 0 Å². The molecular weight excluding hydrogens is 164 g/mol. The zero-order valence-corrected chi connectivity index (χ0v) is 8.04. The molecule has 2 rings (SSSR count). The molecule has 1 aliphatic heterocycles. The molecule has 0 saturated carbocycles. The Bertz CT molecular complexity index is 335. The van der Waals surface area contributed by atoms with E-state index < -0.39 is 0 Å². The summed E-state index contributed by atoms with van der Waals surface area (Å²) in [5.74, 6) is 1.41. The number of nitrogen functional groups attached to an aromatic ring is 1. The Labute approximate surface area is 77.8 Å². The van der Waals surface area contributed by atoms with Crippen molar-refractivity contribution in [2.24, 2.45) is 0 Å². The van der Waals surface area contributed by atoms with Crippen LogP contribution in [0.1, 0.15) is 18.2 Å². The molecule has 0 spiro atoms. The Kier molecular flexibility index (Phi) is 1.83. The van der Waals surface area contributed by atoms with Gasteiger partial charge in [0.15, 0.2) is 0 Å². The number of fused-ring (bicyclic) bond motifs is 1. The van der Waals surface area contributed by atoms with Gasteiger partial charge >= 0.3 is 0 Å². The molecule has 1 aromatic heterocycles. The summed E-state index contributed by atoms with van der Waals surface area (Å²) in [5, 5.41) is 0. The standard InChI is InChI=1S/C9H14N4/c1-3-7-6-4-5-13(2)8(6)12-9(10)11-7/h3-5H2,1-2H3,(H2,10,11,12). The van der Waals surface area contributed by atoms with Crippen molar-refractivity contribution < 1.29 is 0 Å². The first-order valence-corrected chi connectivity index (χ1v) is 4.58. The van der Waals surface area contributed by atoms with E-state index in [0.29, 0.717) is 5.95 Å². The van der Waals surface area contributed by atoms with Crippen LogP contribution in [0.4, 0.5) is 11.8 Å². The van der Waals surface area contributed by atoms with Crippen LogP contribution >= 0.6 is 0 Å². The van der Waals surface area contributed by atoms with Crippen LogP contribution in [0.5, 0.6) is 0 Å². The molecule has 0 bridgehead atoms. The van der Waals surface area contributed by atoms with Crippen molar-refractivity contribution >= 4 is 11.8 Å². The molecule has 0 aliphatic carbocycles. The van der Waals surface area contributed by atoms with Crippen molar-refractivity contribution in [2.75, 3.05) is 24.2 Å². The van der Waals surface area contributed by atoms with Crippen molar-refractivity contribution in [3.8, 4) is 0 Å². The van der Waals surface area contributed by atoms with Gasteiger partial charge in [0.25, 0.3) is 0 Å². The number of aromatic nitrogens is 2. The molecule has 0 atom stereocenters. The molecule has 0 amide bonds. The highest BCUT2D eigenvalue weighted by molar-refractivity contribution is 5.55. The molecule has 4 nitrogen and oxygen atoms in total. The van der Waals surface area contributed by atoms with Gasteiger partial charge in [0.1, 0.15) is 5.82 Å². The summed E-state index contributed by atoms with van der Waals surface area (Å²) in [7, 11) is 2.04. The highest BCUT2D eigenvalue weighted by atomic mass is 15.2. The molecule has 0 fully saturated rings. The van der Waals surface area contributed by atoms with Crippen LogP contribution < -0.4 is 10.6 Å². The highest BCUT2D eigenvalue weighted by Crippen LogP contribution is 2.27. The predicted octanol–water partition coefficient (Wildman–Crippen LogP) is 0.614. The van der Waals surface area contributed by atoms with Crippen LogP contribution in [0.3, 0.4) is 0 Å². The molecule has 1 aromatic rings. The first-order chi connectivity index (χ1) is 6.22. The number of hydrogen-bond donors (Lipinski definition) is 1. The van der Waals surface area contributed by atoms with Gasteiger partial charge in [-0.2, -0.15) is 4.98 Å². The van der Waals surface area contributed by atoms with E-state index in [9.17, 15) is 0 Å². The number of aryl methyl sites for hydroxylation is 1. The second-order valence-electron chi connectivity index (χ2n) is 3.36. The topological polar surface area (TPSA) is 55.0 Å². The van der Waals surface area contributed by atoms with E-state index in [-0.39, 0.29) is 0 Å². The van der Waals surface area contributed by atoms with E-state index in [1.807, 2.05) is 7.05 Å². The molecule has 2 N–H and O–H groups in total. The monoisotopic (exact) mass is 178 g/mol. The maximum atomic E-state index is 5.62. The van der Waals surface area contributed by atoms with Gasteiger partial charge in [-0.05, 0) is 12.8 Å². The summed E-state index contributed by atoms with van der Waals surface area (Å²) in [6.07, 6.45) is 1.98. The second kappa shape index (κ2) is 2.87. The minimum atomic E-state index is 0.393. The first kappa shape index (κ1) is 8.29. The van der Waals surface area contributed by atoms with Crippen molar-refractivity contribution in [1.29, 1.82) is 0 Å². The van der Waals surface area contributed by atoms with Crippen molar-refractivity contribution in [1.82, 2.24) is 9.97 Å². The van der Waals surface area contributed by atoms with E-state index >= 15 is 0 Å². The molecule has 2 heterocycles. The largest absolute Gasteiger partial charge is 0.368 e. The van der Waals surface area contributed by atoms with Gasteiger partial charge in [0.05, 0.1) is 5.69 Å². The molecule has 4 heteroatoms. The van der Waals surface area contributed by atoms with E-state index in [1.165, 1.54) is 5.56 Å². The van der Waals surface area contributed by atoms with Crippen LogP contribution in [0, 0.1) is 0 Å². The third-order valence-corrected chi connectivity index (χ3v) is 2.48. The third kappa shape index (κ3) is 1.22. The zero-order chi connectivity index (χ0) is 9.42. The van der Waals surface area contributed by atoms with E-state index in [4.69, 9.17) is 5.73 Å². The summed E-state index contributed by atoms with van der Waals surface area (Å²) < 4.78 is 0. The summed E-state index contributed by atoms with van der Waals surface area (Å²) in [6.45, 7) is 3.13. The van der Waals surface area contributed by atoms with Gasteiger partial charge in [0.2, 0.25) is 5.95 Å². The molecule has 1 aliphatic rings. The normalized spacial score (nSPS) is 14.8. The van der Waals surface area contributed by atoms with Crippen LogP contribution in [-0.2, 0) is 12.8 Å². The summed E-state index contributed by atoms with van der Waals surface area (Å²) in [6, 6.07) is 0. The fourth-order valence-electron chi connectivity index (χ4n) is 1.79. The summed E-state index contributed by atoms with van der Waals surface area (Å²) in [4.78, 5) is 10.6. The lowest BCUT2D eigenvalue weighted by molar-refractivity contribution is 0.938. The van der Waals surface area contributed by atoms with Gasteiger partial charge in [-0.3, -0.25) is 0 Å².